The minimum atomic E-state index is -2.08. The number of halogens is 2. The molecular weight excluding hydrogens is 1100 g/mol. The van der Waals surface area contributed by atoms with E-state index in [1.54, 1.807) is 20.1 Å². The first kappa shape index (κ1) is 56.9. The summed E-state index contributed by atoms with van der Waals surface area (Å²) in [5, 5.41) is 5.79. The van der Waals surface area contributed by atoms with Crippen LogP contribution in [0, 0.1) is 25.7 Å². The molecule has 5 aromatic heterocycles. The molecule has 0 aromatic carbocycles. The van der Waals surface area contributed by atoms with Crippen LogP contribution in [0.4, 0.5) is 0 Å². The number of fused-ring (bicyclic) bond motifs is 4. The average molecular weight is 1190 g/mol. The van der Waals surface area contributed by atoms with Gasteiger partial charge in [0.25, 0.3) is 5.91 Å². The molecule has 386 valence electrons. The van der Waals surface area contributed by atoms with Crippen LogP contribution < -0.4 is 10.4 Å². The molecule has 0 saturated heterocycles. The van der Waals surface area contributed by atoms with Crippen LogP contribution in [0.5, 0.6) is 0 Å². The second-order valence-corrected chi connectivity index (χ2v) is 32.5. The molecule has 2 unspecified atom stereocenters. The number of amides is 1. The third kappa shape index (κ3) is 13.6. The molecule has 7 heterocycles. The highest BCUT2D eigenvalue weighted by molar-refractivity contribution is 9.09. The molecule has 7 rings (SSSR count). The van der Waals surface area contributed by atoms with E-state index in [0.29, 0.717) is 0 Å². The van der Waals surface area contributed by atoms with Gasteiger partial charge in [-0.3, -0.25) is 4.79 Å². The van der Waals surface area contributed by atoms with E-state index < -0.39 is 8.07 Å². The maximum Gasteiger partial charge on any atom is 0.256 e. The van der Waals surface area contributed by atoms with Gasteiger partial charge in [-0.05, 0) is 128 Å². The first-order valence-corrected chi connectivity index (χ1v) is 36.9. The number of alkyl halides is 2. The molecule has 2 atom stereocenters. The Kier molecular flexibility index (Phi) is 23.0. The topological polar surface area (TPSA) is 20.3 Å². The van der Waals surface area contributed by atoms with Gasteiger partial charge in [-0.1, -0.05) is 176 Å². The van der Waals surface area contributed by atoms with E-state index in [2.05, 4.69) is 132 Å². The fraction of sp³-hybridized carbons (Fsp3) is 0.650. The van der Waals surface area contributed by atoms with Crippen molar-refractivity contribution in [2.75, 3.05) is 17.2 Å². The molecule has 2 aliphatic rings. The first-order chi connectivity index (χ1) is 34.1. The third-order valence-corrected chi connectivity index (χ3v) is 29.3. The quantitative estimate of drug-likeness (QED) is 0.0228. The molecule has 0 spiro atoms. The molecular formula is C60H87Br2NOS5Si. The lowest BCUT2D eigenvalue weighted by atomic mass is 10.0. The molecule has 0 saturated carbocycles. The Balaban J connectivity index is 1.32. The smallest absolute Gasteiger partial charge is 0.256 e. The van der Waals surface area contributed by atoms with Gasteiger partial charge in [0.05, 0.1) is 15.3 Å². The predicted molar refractivity (Wildman–Crippen MR) is 328 cm³/mol. The number of aryl methyl sites for hydroxylation is 4. The van der Waals surface area contributed by atoms with Crippen LogP contribution in [0.3, 0.4) is 0 Å². The number of hydrogen-bond donors (Lipinski definition) is 0. The minimum absolute atomic E-state index is 0.279. The van der Waals surface area contributed by atoms with E-state index in [4.69, 9.17) is 0 Å². The van der Waals surface area contributed by atoms with E-state index in [1.807, 2.05) is 34.0 Å². The molecule has 0 bridgehead atoms. The molecule has 5 aromatic rings. The lowest BCUT2D eigenvalue weighted by molar-refractivity contribution is 0.0776. The number of carbonyl (C=O) groups excluding carboxylic acids is 1. The van der Waals surface area contributed by atoms with Gasteiger partial charge in [-0.2, -0.15) is 0 Å². The summed E-state index contributed by atoms with van der Waals surface area (Å²) >= 11 is 17.5. The highest BCUT2D eigenvalue weighted by Crippen LogP contribution is 2.54. The molecule has 70 heavy (non-hydrogen) atoms. The normalized spacial score (nSPS) is 16.2. The fourth-order valence-electron chi connectivity index (χ4n) is 11.8. The highest BCUT2D eigenvalue weighted by atomic mass is 79.9. The standard InChI is InChI=1S/C60H87Br2NOS5Si/c1-8-13-16-17-22-27-34-63-39-48-54(60(63)64)57(69-56(48)49-36-46(43(7)66-49)30-23-18-20-25-32-61)50-37-47(31-24-19-21-26-33-62)55(67-50)51-38-53-59(68-51)58-52(35-42(6)65-58)70(53,40-44(11-4)28-14-9-2)41-45(12-5)29-15-10-3/h35-38,44-45H,8-34,39-41H2,1-7H3. The van der Waals surface area contributed by atoms with E-state index in [9.17, 15) is 4.79 Å². The highest BCUT2D eigenvalue weighted by Gasteiger charge is 2.50. The Hall–Kier alpha value is -0.853. The summed E-state index contributed by atoms with van der Waals surface area (Å²) in [5.74, 6) is 1.87. The predicted octanol–water partition coefficient (Wildman–Crippen LogP) is 20.9. The van der Waals surface area contributed by atoms with Gasteiger partial charge in [-0.15, -0.1) is 56.7 Å². The molecule has 1 amide bonds. The van der Waals surface area contributed by atoms with Crippen LogP contribution in [0.2, 0.25) is 12.1 Å². The van der Waals surface area contributed by atoms with Crippen molar-refractivity contribution in [3.8, 4) is 39.0 Å². The molecule has 2 aliphatic heterocycles. The molecule has 0 N–H and O–H groups in total. The Labute approximate surface area is 463 Å². The van der Waals surface area contributed by atoms with Crippen LogP contribution in [0.25, 0.3) is 39.0 Å². The van der Waals surface area contributed by atoms with Crippen molar-refractivity contribution in [3.63, 3.8) is 0 Å². The van der Waals surface area contributed by atoms with E-state index in [1.165, 1.54) is 203 Å². The van der Waals surface area contributed by atoms with Gasteiger partial charge in [0, 0.05) is 68.3 Å². The van der Waals surface area contributed by atoms with Crippen LogP contribution >= 0.6 is 88.5 Å². The summed E-state index contributed by atoms with van der Waals surface area (Å²) < 4.78 is 0. The van der Waals surface area contributed by atoms with Crippen LogP contribution in [0.15, 0.2) is 24.3 Å². The van der Waals surface area contributed by atoms with Crippen LogP contribution in [-0.4, -0.2) is 36.1 Å². The first-order valence-electron chi connectivity index (χ1n) is 28.2. The zero-order chi connectivity index (χ0) is 49.6. The van der Waals surface area contributed by atoms with E-state index in [0.717, 1.165) is 60.4 Å². The van der Waals surface area contributed by atoms with Gasteiger partial charge >= 0.3 is 0 Å². The lowest BCUT2D eigenvalue weighted by Gasteiger charge is -2.35. The van der Waals surface area contributed by atoms with E-state index >= 15 is 0 Å². The number of thiophene rings is 5. The average Bonchev–Trinajstić information content (AvgIpc) is 4.24. The molecule has 0 fully saturated rings. The Bertz CT molecular complexity index is 2380. The molecule has 2 nitrogen and oxygen atoms in total. The van der Waals surface area contributed by atoms with Crippen LogP contribution in [0.1, 0.15) is 213 Å². The van der Waals surface area contributed by atoms with Gasteiger partial charge < -0.3 is 4.90 Å². The summed E-state index contributed by atoms with van der Waals surface area (Å²) in [4.78, 5) is 31.7. The Morgan fingerprint density at radius 1 is 0.543 bits per heavy atom. The molecule has 0 radical (unpaired) electrons. The third-order valence-electron chi connectivity index (χ3n) is 16.0. The monoisotopic (exact) mass is 1180 g/mol. The Morgan fingerprint density at radius 2 is 1.07 bits per heavy atom. The number of unbranched alkanes of at least 4 members (excludes halogenated alkanes) is 13. The van der Waals surface area contributed by atoms with Crippen LogP contribution in [-0.2, 0) is 19.4 Å². The van der Waals surface area contributed by atoms with Crippen molar-refractivity contribution < 1.29 is 4.79 Å². The zero-order valence-electron chi connectivity index (χ0n) is 44.3. The SMILES string of the molecule is CCCCCCCCN1Cc2c(-c3cc(CCCCCCBr)c(C)s3)sc(-c3cc(CCCCCCBr)c(-c4cc5c(s4)-c4sc(C)cc4[Si]5(CC(CC)CCCC)CC(CC)CCCC)s3)c2C1=O. The fourth-order valence-corrected chi connectivity index (χ4v) is 26.9. The maximum absolute atomic E-state index is 14.9. The van der Waals surface area contributed by atoms with Gasteiger partial charge in [-0.25, -0.2) is 0 Å². The number of rotatable bonds is 34. The van der Waals surface area contributed by atoms with Crippen molar-refractivity contribution in [1.29, 1.82) is 0 Å². The number of nitrogens with zero attached hydrogens (tertiary/aromatic N) is 1. The number of carbonyl (C=O) groups is 1. The summed E-state index contributed by atoms with van der Waals surface area (Å²) in [7, 11) is -2.08. The largest absolute Gasteiger partial charge is 0.334 e. The maximum atomic E-state index is 14.9. The van der Waals surface area contributed by atoms with Crippen molar-refractivity contribution in [1.82, 2.24) is 4.90 Å². The van der Waals surface area contributed by atoms with Gasteiger partial charge in [0.1, 0.15) is 8.07 Å². The molecule has 0 aliphatic carbocycles. The van der Waals surface area contributed by atoms with Crippen molar-refractivity contribution in [2.45, 2.75) is 221 Å². The summed E-state index contributed by atoms with van der Waals surface area (Å²) in [6.45, 7) is 18.4. The van der Waals surface area contributed by atoms with Crippen molar-refractivity contribution >= 4 is 113 Å². The Morgan fingerprint density at radius 3 is 1.71 bits per heavy atom. The molecule has 10 heteroatoms. The second-order valence-electron chi connectivity index (χ2n) is 21.2. The zero-order valence-corrected chi connectivity index (χ0v) is 52.6. The lowest BCUT2D eigenvalue weighted by Crippen LogP contribution is -2.56. The van der Waals surface area contributed by atoms with Gasteiger partial charge in [0.2, 0.25) is 0 Å². The minimum Gasteiger partial charge on any atom is -0.334 e. The van der Waals surface area contributed by atoms with E-state index in [-0.39, 0.29) is 5.91 Å². The summed E-state index contributed by atoms with van der Waals surface area (Å²) in [6, 6.07) is 13.4. The summed E-state index contributed by atoms with van der Waals surface area (Å²) in [6.07, 6.45) is 30.4. The number of hydrogen-bond acceptors (Lipinski definition) is 6. The van der Waals surface area contributed by atoms with Crippen molar-refractivity contribution in [3.05, 3.63) is 56.3 Å². The van der Waals surface area contributed by atoms with Crippen molar-refractivity contribution in [2.24, 2.45) is 11.8 Å². The van der Waals surface area contributed by atoms with Gasteiger partial charge in [0.15, 0.2) is 0 Å². The second kappa shape index (κ2) is 28.3. The summed E-state index contributed by atoms with van der Waals surface area (Å²) in [5.41, 5.74) is 5.36.